The van der Waals surface area contributed by atoms with E-state index in [9.17, 15) is 4.79 Å². The molecule has 126 valence electrons. The van der Waals surface area contributed by atoms with Crippen molar-refractivity contribution in [2.24, 2.45) is 0 Å². The predicted molar refractivity (Wildman–Crippen MR) is 98.8 cm³/mol. The molecule has 3 nitrogen and oxygen atoms in total. The highest BCUT2D eigenvalue weighted by Gasteiger charge is 2.27. The Balaban J connectivity index is 1.86. The van der Waals surface area contributed by atoms with Gasteiger partial charge in [0.1, 0.15) is 0 Å². The van der Waals surface area contributed by atoms with Crippen molar-refractivity contribution in [2.45, 2.75) is 31.3 Å². The lowest BCUT2D eigenvalue weighted by Gasteiger charge is -2.32. The van der Waals surface area contributed by atoms with E-state index >= 15 is 0 Å². The number of amides is 1. The molecule has 0 bridgehead atoms. The van der Waals surface area contributed by atoms with Crippen molar-refractivity contribution in [3.8, 4) is 0 Å². The van der Waals surface area contributed by atoms with Crippen LogP contribution in [0.1, 0.15) is 41.2 Å². The van der Waals surface area contributed by atoms with Gasteiger partial charge in [0.25, 0.3) is 5.91 Å². The first-order valence-corrected chi connectivity index (χ1v) is 8.95. The highest BCUT2D eigenvalue weighted by atomic mass is 35.5. The van der Waals surface area contributed by atoms with Crippen molar-refractivity contribution in [3.63, 3.8) is 0 Å². The number of rotatable bonds is 4. The molecule has 1 unspecified atom stereocenters. The van der Waals surface area contributed by atoms with Gasteiger partial charge in [-0.2, -0.15) is 0 Å². The smallest absolute Gasteiger partial charge is 0.253 e. The van der Waals surface area contributed by atoms with Crippen LogP contribution >= 0.6 is 23.2 Å². The number of hydrogen-bond donors (Lipinski definition) is 2. The molecule has 2 aromatic rings. The quantitative estimate of drug-likeness (QED) is 0.833. The van der Waals surface area contributed by atoms with Gasteiger partial charge in [-0.1, -0.05) is 66.0 Å². The Bertz CT molecular complexity index is 700. The summed E-state index contributed by atoms with van der Waals surface area (Å²) in [6.45, 7) is 0.974. The van der Waals surface area contributed by atoms with Crippen LogP contribution < -0.4 is 10.6 Å². The van der Waals surface area contributed by atoms with Crippen molar-refractivity contribution in [1.29, 1.82) is 0 Å². The van der Waals surface area contributed by atoms with Gasteiger partial charge in [-0.3, -0.25) is 4.79 Å². The van der Waals surface area contributed by atoms with Crippen LogP contribution in [0.3, 0.4) is 0 Å². The zero-order chi connectivity index (χ0) is 16.9. The summed E-state index contributed by atoms with van der Waals surface area (Å²) < 4.78 is 0. The number of halogens is 2. The Labute approximate surface area is 152 Å². The van der Waals surface area contributed by atoms with Crippen LogP contribution in [0.5, 0.6) is 0 Å². The molecule has 1 aliphatic heterocycles. The zero-order valence-corrected chi connectivity index (χ0v) is 14.8. The van der Waals surface area contributed by atoms with Crippen LogP contribution in [0, 0.1) is 0 Å². The third-order valence-corrected chi connectivity index (χ3v) is 5.21. The number of benzene rings is 2. The van der Waals surface area contributed by atoms with Gasteiger partial charge in [0, 0.05) is 6.04 Å². The maximum Gasteiger partial charge on any atom is 0.253 e. The number of hydrogen-bond acceptors (Lipinski definition) is 2. The lowest BCUT2D eigenvalue weighted by atomic mass is 9.92. The molecule has 0 saturated carbocycles. The molecule has 0 aliphatic carbocycles. The first kappa shape index (κ1) is 17.3. The molecule has 2 aromatic carbocycles. The molecule has 0 spiro atoms. The monoisotopic (exact) mass is 362 g/mol. The summed E-state index contributed by atoms with van der Waals surface area (Å²) in [5, 5.41) is 7.35. The molecule has 5 heteroatoms. The summed E-state index contributed by atoms with van der Waals surface area (Å²) in [5.41, 5.74) is 1.49. The minimum atomic E-state index is -0.205. The van der Waals surface area contributed by atoms with Crippen molar-refractivity contribution >= 4 is 29.1 Å². The van der Waals surface area contributed by atoms with Crippen LogP contribution in [0.15, 0.2) is 48.5 Å². The number of piperidine rings is 1. The molecule has 1 heterocycles. The highest BCUT2D eigenvalue weighted by Crippen LogP contribution is 2.28. The zero-order valence-electron chi connectivity index (χ0n) is 13.3. The van der Waals surface area contributed by atoms with E-state index in [1.54, 1.807) is 18.2 Å². The predicted octanol–water partition coefficient (Wildman–Crippen LogP) is 4.61. The van der Waals surface area contributed by atoms with Crippen molar-refractivity contribution in [2.75, 3.05) is 6.54 Å². The maximum atomic E-state index is 12.8. The van der Waals surface area contributed by atoms with E-state index in [4.69, 9.17) is 23.2 Å². The summed E-state index contributed by atoms with van der Waals surface area (Å²) in [6.07, 6.45) is 3.37. The van der Waals surface area contributed by atoms with Gasteiger partial charge in [0.15, 0.2) is 0 Å². The molecule has 1 amide bonds. The minimum Gasteiger partial charge on any atom is -0.344 e. The standard InChI is InChI=1S/C19H20Cl2N2O/c20-15-10-6-9-14(17(15)21)19(24)23-18(13-7-2-1-3-8-13)16-11-4-5-12-22-16/h1-3,6-10,16,18,22H,4-5,11-12H2,(H,23,24)/t16-,18?/m0/s1. The van der Waals surface area contributed by atoms with E-state index < -0.39 is 0 Å². The molecule has 1 aliphatic rings. The van der Waals surface area contributed by atoms with Crippen LogP contribution in [0.2, 0.25) is 10.0 Å². The Morgan fingerprint density at radius 3 is 2.58 bits per heavy atom. The topological polar surface area (TPSA) is 41.1 Å². The Kier molecular flexibility index (Phi) is 5.77. The SMILES string of the molecule is O=C(NC(c1ccccc1)[C@@H]1CCCCN1)c1cccc(Cl)c1Cl. The lowest BCUT2D eigenvalue weighted by molar-refractivity contribution is 0.0923. The summed E-state index contributed by atoms with van der Waals surface area (Å²) in [5.74, 6) is -0.205. The highest BCUT2D eigenvalue weighted by molar-refractivity contribution is 6.43. The molecule has 2 atom stereocenters. The average molecular weight is 363 g/mol. The molecular formula is C19H20Cl2N2O. The molecule has 3 rings (SSSR count). The molecule has 24 heavy (non-hydrogen) atoms. The van der Waals surface area contributed by atoms with E-state index in [1.807, 2.05) is 30.3 Å². The van der Waals surface area contributed by atoms with E-state index in [0.717, 1.165) is 24.9 Å². The Morgan fingerprint density at radius 2 is 1.88 bits per heavy atom. The lowest BCUT2D eigenvalue weighted by Crippen LogP contribution is -2.46. The van der Waals surface area contributed by atoms with E-state index in [2.05, 4.69) is 10.6 Å². The summed E-state index contributed by atoms with van der Waals surface area (Å²) in [6, 6.07) is 15.3. The van der Waals surface area contributed by atoms with E-state index in [-0.39, 0.29) is 18.0 Å². The normalized spacial score (nSPS) is 18.8. The van der Waals surface area contributed by atoms with E-state index in [1.165, 1.54) is 6.42 Å². The first-order chi connectivity index (χ1) is 11.7. The number of carbonyl (C=O) groups is 1. The summed E-state index contributed by atoms with van der Waals surface area (Å²) in [4.78, 5) is 12.8. The van der Waals surface area contributed by atoms with Crippen molar-refractivity contribution in [1.82, 2.24) is 10.6 Å². The first-order valence-electron chi connectivity index (χ1n) is 8.20. The molecule has 0 aromatic heterocycles. The van der Waals surface area contributed by atoms with Crippen molar-refractivity contribution in [3.05, 3.63) is 69.7 Å². The van der Waals surface area contributed by atoms with Gasteiger partial charge >= 0.3 is 0 Å². The summed E-state index contributed by atoms with van der Waals surface area (Å²) in [7, 11) is 0. The van der Waals surface area contributed by atoms with Gasteiger partial charge in [0.2, 0.25) is 0 Å². The molecule has 1 fully saturated rings. The Hall–Kier alpha value is -1.55. The number of carbonyl (C=O) groups excluding carboxylic acids is 1. The van der Waals surface area contributed by atoms with Crippen molar-refractivity contribution < 1.29 is 4.79 Å². The van der Waals surface area contributed by atoms with Crippen LogP contribution in [0.4, 0.5) is 0 Å². The van der Waals surface area contributed by atoms with E-state index in [0.29, 0.717) is 15.6 Å². The van der Waals surface area contributed by atoms with Crippen LogP contribution in [0.25, 0.3) is 0 Å². The van der Waals surface area contributed by atoms with Gasteiger partial charge in [-0.15, -0.1) is 0 Å². The van der Waals surface area contributed by atoms with Gasteiger partial charge in [0.05, 0.1) is 21.7 Å². The van der Waals surface area contributed by atoms with Crippen LogP contribution in [-0.2, 0) is 0 Å². The second kappa shape index (κ2) is 8.02. The molecule has 0 radical (unpaired) electrons. The Morgan fingerprint density at radius 1 is 1.08 bits per heavy atom. The fourth-order valence-corrected chi connectivity index (χ4v) is 3.52. The second-order valence-electron chi connectivity index (χ2n) is 6.02. The largest absolute Gasteiger partial charge is 0.344 e. The van der Waals surface area contributed by atoms with Gasteiger partial charge < -0.3 is 10.6 Å². The third kappa shape index (κ3) is 3.92. The fraction of sp³-hybridized carbons (Fsp3) is 0.316. The average Bonchev–Trinajstić information content (AvgIpc) is 2.63. The molecule has 1 saturated heterocycles. The second-order valence-corrected chi connectivity index (χ2v) is 6.80. The summed E-state index contributed by atoms with van der Waals surface area (Å²) >= 11 is 12.2. The third-order valence-electron chi connectivity index (χ3n) is 4.39. The maximum absolute atomic E-state index is 12.8. The van der Waals surface area contributed by atoms with Gasteiger partial charge in [-0.05, 0) is 37.1 Å². The van der Waals surface area contributed by atoms with Crippen LogP contribution in [-0.4, -0.2) is 18.5 Å². The van der Waals surface area contributed by atoms with Gasteiger partial charge in [-0.25, -0.2) is 0 Å². The molecular weight excluding hydrogens is 343 g/mol. The molecule has 2 N–H and O–H groups in total. The fourth-order valence-electron chi connectivity index (χ4n) is 3.14. The minimum absolute atomic E-state index is 0.103. The number of nitrogens with one attached hydrogen (secondary N) is 2.